The monoisotopic (exact) mass is 461 g/mol. The van der Waals surface area contributed by atoms with Crippen LogP contribution in [0.25, 0.3) is 10.8 Å². The predicted molar refractivity (Wildman–Crippen MR) is 127 cm³/mol. The Morgan fingerprint density at radius 3 is 2.26 bits per heavy atom. The number of amides is 3. The zero-order valence-electron chi connectivity index (χ0n) is 19.2. The number of hydrogen-bond donors (Lipinski definition) is 2. The summed E-state index contributed by atoms with van der Waals surface area (Å²) in [5.74, 6) is -1.29. The van der Waals surface area contributed by atoms with Crippen LogP contribution < -0.4 is 16.4 Å². The van der Waals surface area contributed by atoms with Gasteiger partial charge in [0, 0.05) is 18.4 Å². The molecule has 1 saturated heterocycles. The molecule has 1 aliphatic heterocycles. The summed E-state index contributed by atoms with van der Waals surface area (Å²) in [6.07, 6.45) is 1.98. The van der Waals surface area contributed by atoms with E-state index in [0.717, 1.165) is 12.8 Å². The van der Waals surface area contributed by atoms with E-state index in [1.54, 1.807) is 67.3 Å². The third kappa shape index (κ3) is 4.54. The van der Waals surface area contributed by atoms with Crippen molar-refractivity contribution in [2.45, 2.75) is 45.2 Å². The zero-order chi connectivity index (χ0) is 24.2. The van der Waals surface area contributed by atoms with Crippen molar-refractivity contribution in [2.75, 3.05) is 6.54 Å². The number of benzene rings is 2. The molecule has 1 fully saturated rings. The normalized spacial score (nSPS) is 14.8. The lowest BCUT2D eigenvalue weighted by Gasteiger charge is -2.34. The van der Waals surface area contributed by atoms with Crippen LogP contribution in [0.15, 0.2) is 59.4 Å². The van der Waals surface area contributed by atoms with E-state index in [1.807, 2.05) is 6.07 Å². The summed E-state index contributed by atoms with van der Waals surface area (Å²) in [7, 11) is 0. The number of likely N-dealkylation sites (tertiary alicyclic amines) is 1. The van der Waals surface area contributed by atoms with Crippen molar-refractivity contribution in [1.82, 2.24) is 25.5 Å². The molecule has 2 aromatic carbocycles. The molecule has 1 aromatic heterocycles. The minimum absolute atomic E-state index is 0.0227. The molecule has 1 unspecified atom stereocenters. The summed E-state index contributed by atoms with van der Waals surface area (Å²) in [5.41, 5.74) is 5.28. The van der Waals surface area contributed by atoms with Crippen LogP contribution in [0.1, 0.15) is 61.2 Å². The molecule has 0 bridgehead atoms. The number of carbonyl (C=O) groups is 3. The van der Waals surface area contributed by atoms with E-state index in [4.69, 9.17) is 0 Å². The molecule has 0 radical (unpaired) electrons. The number of aromatic nitrogens is 2. The molecule has 2 heterocycles. The van der Waals surface area contributed by atoms with Crippen LogP contribution in [-0.2, 0) is 9.59 Å². The minimum atomic E-state index is -0.872. The Hall–Kier alpha value is -4.01. The van der Waals surface area contributed by atoms with Gasteiger partial charge in [0.05, 0.1) is 11.4 Å². The molecule has 3 aromatic rings. The predicted octanol–water partition coefficient (Wildman–Crippen LogP) is 2.49. The van der Waals surface area contributed by atoms with Gasteiger partial charge >= 0.3 is 0 Å². The van der Waals surface area contributed by atoms with Crippen molar-refractivity contribution in [3.8, 4) is 0 Å². The maximum Gasteiger partial charge on any atom is 0.290 e. The Labute approximate surface area is 196 Å². The molecule has 1 atom stereocenters. The number of hydrogen-bond acceptors (Lipinski definition) is 5. The fourth-order valence-corrected chi connectivity index (χ4v) is 4.18. The minimum Gasteiger partial charge on any atom is -0.326 e. The Morgan fingerprint density at radius 1 is 0.912 bits per heavy atom. The highest BCUT2D eigenvalue weighted by atomic mass is 16.2. The summed E-state index contributed by atoms with van der Waals surface area (Å²) >= 11 is 0. The summed E-state index contributed by atoms with van der Waals surface area (Å²) in [5, 5.41) is 5.01. The largest absolute Gasteiger partial charge is 0.326 e. The molecule has 2 N–H and O–H groups in total. The molecule has 0 spiro atoms. The van der Waals surface area contributed by atoms with Crippen LogP contribution in [0.5, 0.6) is 0 Å². The van der Waals surface area contributed by atoms with Crippen LogP contribution in [-0.4, -0.2) is 38.9 Å². The Bertz CT molecular complexity index is 1290. The van der Waals surface area contributed by atoms with Crippen molar-refractivity contribution < 1.29 is 14.4 Å². The van der Waals surface area contributed by atoms with Crippen molar-refractivity contribution in [2.24, 2.45) is 0 Å². The van der Waals surface area contributed by atoms with E-state index >= 15 is 0 Å². The molecule has 9 nitrogen and oxygen atoms in total. The first-order valence-electron chi connectivity index (χ1n) is 11.3. The lowest BCUT2D eigenvalue weighted by molar-refractivity contribution is -0.143. The maximum absolute atomic E-state index is 13.2. The molecule has 0 aliphatic carbocycles. The highest BCUT2D eigenvalue weighted by molar-refractivity contribution is 6.05. The second-order valence-electron chi connectivity index (χ2n) is 8.54. The SMILES string of the molecule is CC(C)n1nc(C(=O)NNC(=O)C(c2ccccc2)N2CCCCC2=O)c2ccccc2c1=O. The molecular weight excluding hydrogens is 434 g/mol. The van der Waals surface area contributed by atoms with Gasteiger partial charge in [0.1, 0.15) is 6.04 Å². The Morgan fingerprint density at radius 2 is 1.59 bits per heavy atom. The van der Waals surface area contributed by atoms with Gasteiger partial charge in [-0.3, -0.25) is 30.0 Å². The lowest BCUT2D eigenvalue weighted by Crippen LogP contribution is -2.50. The van der Waals surface area contributed by atoms with Gasteiger partial charge in [0.2, 0.25) is 5.91 Å². The van der Waals surface area contributed by atoms with Crippen molar-refractivity contribution >= 4 is 28.5 Å². The second-order valence-corrected chi connectivity index (χ2v) is 8.54. The van der Waals surface area contributed by atoms with E-state index in [2.05, 4.69) is 16.0 Å². The molecule has 176 valence electrons. The van der Waals surface area contributed by atoms with E-state index in [1.165, 1.54) is 4.68 Å². The van der Waals surface area contributed by atoms with Gasteiger partial charge in [0.15, 0.2) is 5.69 Å². The standard InChI is InChI=1S/C25H27N5O4/c1-16(2)30-25(34)19-13-7-6-12-18(19)21(28-30)23(32)26-27-24(33)22(17-10-4-3-5-11-17)29-15-9-8-14-20(29)31/h3-7,10-13,16,22H,8-9,14-15H2,1-2H3,(H,26,32)(H,27,33). The van der Waals surface area contributed by atoms with Crippen LogP contribution >= 0.6 is 0 Å². The average molecular weight is 462 g/mol. The van der Waals surface area contributed by atoms with Gasteiger partial charge in [0.25, 0.3) is 17.4 Å². The highest BCUT2D eigenvalue weighted by Crippen LogP contribution is 2.25. The topological polar surface area (TPSA) is 113 Å². The number of nitrogens with one attached hydrogen (secondary N) is 2. The van der Waals surface area contributed by atoms with E-state index in [-0.39, 0.29) is 23.2 Å². The molecule has 34 heavy (non-hydrogen) atoms. The number of nitrogens with zero attached hydrogens (tertiary/aromatic N) is 3. The molecule has 9 heteroatoms. The third-order valence-corrected chi connectivity index (χ3v) is 5.87. The van der Waals surface area contributed by atoms with Gasteiger partial charge in [-0.25, -0.2) is 4.68 Å². The van der Waals surface area contributed by atoms with Crippen molar-refractivity contribution in [3.05, 3.63) is 76.2 Å². The summed E-state index contributed by atoms with van der Waals surface area (Å²) < 4.78 is 1.25. The fourth-order valence-electron chi connectivity index (χ4n) is 4.18. The van der Waals surface area contributed by atoms with Crippen LogP contribution in [0.3, 0.4) is 0 Å². The Kier molecular flexibility index (Phi) is 6.72. The fraction of sp³-hybridized carbons (Fsp3) is 0.320. The van der Waals surface area contributed by atoms with Gasteiger partial charge in [-0.2, -0.15) is 5.10 Å². The average Bonchev–Trinajstić information content (AvgIpc) is 2.85. The van der Waals surface area contributed by atoms with Crippen LogP contribution in [0.2, 0.25) is 0 Å². The van der Waals surface area contributed by atoms with Gasteiger partial charge in [-0.05, 0) is 38.3 Å². The molecule has 4 rings (SSSR count). The second kappa shape index (κ2) is 9.86. The smallest absolute Gasteiger partial charge is 0.290 e. The molecular formula is C25H27N5O4. The Balaban J connectivity index is 1.61. The van der Waals surface area contributed by atoms with Gasteiger partial charge in [-0.15, -0.1) is 0 Å². The van der Waals surface area contributed by atoms with E-state index in [0.29, 0.717) is 29.3 Å². The summed E-state index contributed by atoms with van der Waals surface area (Å²) in [4.78, 5) is 53.1. The number of fused-ring (bicyclic) bond motifs is 1. The van der Waals surface area contributed by atoms with E-state index < -0.39 is 17.9 Å². The number of rotatable bonds is 5. The maximum atomic E-state index is 13.2. The molecule has 0 saturated carbocycles. The number of hydrazine groups is 1. The first-order chi connectivity index (χ1) is 16.4. The summed E-state index contributed by atoms with van der Waals surface area (Å²) in [6.45, 7) is 4.06. The van der Waals surface area contributed by atoms with Gasteiger partial charge < -0.3 is 4.90 Å². The summed E-state index contributed by atoms with van der Waals surface area (Å²) in [6, 6.07) is 14.6. The van der Waals surface area contributed by atoms with E-state index in [9.17, 15) is 19.2 Å². The lowest BCUT2D eigenvalue weighted by atomic mass is 10.0. The first-order valence-corrected chi connectivity index (χ1v) is 11.3. The molecule has 1 aliphatic rings. The van der Waals surface area contributed by atoms with Crippen LogP contribution in [0.4, 0.5) is 0 Å². The van der Waals surface area contributed by atoms with Crippen molar-refractivity contribution in [1.29, 1.82) is 0 Å². The number of carbonyl (C=O) groups excluding carboxylic acids is 3. The first kappa shape index (κ1) is 23.2. The van der Waals surface area contributed by atoms with Crippen LogP contribution in [0, 0.1) is 0 Å². The van der Waals surface area contributed by atoms with Gasteiger partial charge in [-0.1, -0.05) is 48.5 Å². The zero-order valence-corrected chi connectivity index (χ0v) is 19.2. The highest BCUT2D eigenvalue weighted by Gasteiger charge is 2.33. The van der Waals surface area contributed by atoms with Crippen molar-refractivity contribution in [3.63, 3.8) is 0 Å². The third-order valence-electron chi connectivity index (χ3n) is 5.87. The quantitative estimate of drug-likeness (QED) is 0.567. The number of piperidine rings is 1. The molecule has 3 amide bonds.